The third-order valence-electron chi connectivity index (χ3n) is 2.02. The molecule has 0 fully saturated rings. The van der Waals surface area contributed by atoms with Crippen molar-refractivity contribution in [1.29, 1.82) is 0 Å². The van der Waals surface area contributed by atoms with Crippen molar-refractivity contribution in [1.82, 2.24) is 10.1 Å². The average molecular weight is 328 g/mol. The van der Waals surface area contributed by atoms with Gasteiger partial charge in [-0.3, -0.25) is 0 Å². The van der Waals surface area contributed by atoms with E-state index < -0.39 is 0 Å². The molecule has 1 aromatic heterocycles. The number of hydrazone groups is 1. The normalized spacial score (nSPS) is 11.7. The highest BCUT2D eigenvalue weighted by atomic mass is 79.9. The quantitative estimate of drug-likeness (QED) is 0.386. The third kappa shape index (κ3) is 3.23. The highest BCUT2D eigenvalue weighted by Gasteiger charge is 2.09. The van der Waals surface area contributed by atoms with Gasteiger partial charge in [0.15, 0.2) is 5.17 Å². The molecule has 2 rings (SSSR count). The average Bonchev–Trinajstić information content (AvgIpc) is 2.84. The van der Waals surface area contributed by atoms with E-state index in [1.165, 1.54) is 11.8 Å². The fourth-order valence-corrected chi connectivity index (χ4v) is 2.09. The largest absolute Gasteiger partial charge is 0.377 e. The second-order valence-corrected chi connectivity index (χ2v) is 5.19. The molecule has 0 atom stereocenters. The number of halogens is 1. The van der Waals surface area contributed by atoms with Crippen LogP contribution in [-0.4, -0.2) is 15.3 Å². The minimum Gasteiger partial charge on any atom is -0.377 e. The first kappa shape index (κ1) is 12.9. The number of thioether (sulfide) groups is 1. The molecule has 94 valence electrons. The van der Waals surface area contributed by atoms with E-state index in [0.29, 0.717) is 17.5 Å². The summed E-state index contributed by atoms with van der Waals surface area (Å²) in [6.45, 7) is 0. The molecule has 0 spiro atoms. The van der Waals surface area contributed by atoms with Crippen LogP contribution in [0.25, 0.3) is 11.4 Å². The van der Waals surface area contributed by atoms with Gasteiger partial charge in [0.2, 0.25) is 11.7 Å². The highest BCUT2D eigenvalue weighted by Crippen LogP contribution is 2.21. The maximum absolute atomic E-state index is 5.45. The lowest BCUT2D eigenvalue weighted by atomic mass is 10.2. The summed E-state index contributed by atoms with van der Waals surface area (Å²) in [5.74, 6) is 6.47. The van der Waals surface area contributed by atoms with Crippen LogP contribution >= 0.6 is 27.7 Å². The molecule has 0 unspecified atom stereocenters. The molecule has 0 saturated heterocycles. The maximum atomic E-state index is 5.45. The van der Waals surface area contributed by atoms with Crippen LogP contribution in [0, 0.1) is 0 Å². The first-order valence-corrected chi connectivity index (χ1v) is 6.71. The van der Waals surface area contributed by atoms with Gasteiger partial charge in [0.1, 0.15) is 0 Å². The molecule has 0 aliphatic rings. The number of hydrogen-bond donors (Lipinski definition) is 2. The summed E-state index contributed by atoms with van der Waals surface area (Å²) in [6, 6.07) is 7.65. The predicted octanol–water partition coefficient (Wildman–Crippen LogP) is 1.92. The minimum absolute atomic E-state index is 0.275. The summed E-state index contributed by atoms with van der Waals surface area (Å²) in [4.78, 5) is 4.26. The number of nitrogens with zero attached hydrogens (tertiary/aromatic N) is 3. The molecule has 6 nitrogen and oxygen atoms in total. The molecule has 8 heteroatoms. The van der Waals surface area contributed by atoms with Crippen LogP contribution in [0.2, 0.25) is 0 Å². The number of nitrogens with two attached hydrogens (primary N) is 2. The van der Waals surface area contributed by atoms with Crippen molar-refractivity contribution in [2.75, 3.05) is 0 Å². The van der Waals surface area contributed by atoms with E-state index in [0.717, 1.165) is 10.0 Å². The van der Waals surface area contributed by atoms with Gasteiger partial charge in [-0.25, -0.2) is 0 Å². The zero-order valence-corrected chi connectivity index (χ0v) is 11.6. The molecule has 18 heavy (non-hydrogen) atoms. The van der Waals surface area contributed by atoms with Crippen LogP contribution in [0.1, 0.15) is 5.89 Å². The van der Waals surface area contributed by atoms with Crippen molar-refractivity contribution in [3.8, 4) is 11.4 Å². The lowest BCUT2D eigenvalue weighted by molar-refractivity contribution is 0.392. The van der Waals surface area contributed by atoms with Crippen LogP contribution in [-0.2, 0) is 5.75 Å². The number of aromatic nitrogens is 2. The van der Waals surface area contributed by atoms with E-state index in [1.54, 1.807) is 0 Å². The Hall–Kier alpha value is -1.54. The summed E-state index contributed by atoms with van der Waals surface area (Å²) >= 11 is 4.63. The number of hydrogen-bond acceptors (Lipinski definition) is 6. The molecule has 0 aliphatic heterocycles. The SMILES string of the molecule is NN=C(N)SCc1nc(-c2cccc(Br)c2)no1. The Balaban J connectivity index is 2.11. The summed E-state index contributed by atoms with van der Waals surface area (Å²) in [5.41, 5.74) is 6.33. The van der Waals surface area contributed by atoms with E-state index in [1.807, 2.05) is 24.3 Å². The van der Waals surface area contributed by atoms with Crippen molar-refractivity contribution < 1.29 is 4.52 Å². The van der Waals surface area contributed by atoms with Gasteiger partial charge < -0.3 is 16.1 Å². The van der Waals surface area contributed by atoms with Gasteiger partial charge in [0.05, 0.1) is 5.75 Å². The molecule has 0 amide bonds. The summed E-state index contributed by atoms with van der Waals surface area (Å²) < 4.78 is 6.06. The van der Waals surface area contributed by atoms with Gasteiger partial charge in [-0.1, -0.05) is 45.0 Å². The van der Waals surface area contributed by atoms with Crippen LogP contribution < -0.4 is 11.6 Å². The Morgan fingerprint density at radius 2 is 2.33 bits per heavy atom. The summed E-state index contributed by atoms with van der Waals surface area (Å²) in [5, 5.41) is 7.52. The molecule has 0 aliphatic carbocycles. The lowest BCUT2D eigenvalue weighted by Crippen LogP contribution is -2.09. The monoisotopic (exact) mass is 327 g/mol. The van der Waals surface area contributed by atoms with Crippen LogP contribution in [0.4, 0.5) is 0 Å². The second kappa shape index (κ2) is 5.87. The molecular weight excluding hydrogens is 318 g/mol. The van der Waals surface area contributed by atoms with E-state index in [-0.39, 0.29) is 5.17 Å². The third-order valence-corrected chi connectivity index (χ3v) is 3.31. The van der Waals surface area contributed by atoms with Crippen molar-refractivity contribution >= 4 is 32.9 Å². The molecule has 2 aromatic rings. The second-order valence-electron chi connectivity index (χ2n) is 3.28. The zero-order valence-electron chi connectivity index (χ0n) is 9.21. The Bertz CT molecular complexity index is 571. The zero-order chi connectivity index (χ0) is 13.0. The van der Waals surface area contributed by atoms with Crippen LogP contribution in [0.5, 0.6) is 0 Å². The molecule has 1 aromatic carbocycles. The van der Waals surface area contributed by atoms with E-state index >= 15 is 0 Å². The van der Waals surface area contributed by atoms with Gasteiger partial charge in [-0.05, 0) is 12.1 Å². The van der Waals surface area contributed by atoms with E-state index in [4.69, 9.17) is 16.1 Å². The van der Waals surface area contributed by atoms with Crippen molar-refractivity contribution in [2.24, 2.45) is 16.7 Å². The lowest BCUT2D eigenvalue weighted by Gasteiger charge is -1.94. The predicted molar refractivity (Wildman–Crippen MR) is 74.5 cm³/mol. The molecule has 0 saturated carbocycles. The Labute approximate surface area is 116 Å². The molecule has 4 N–H and O–H groups in total. The first-order valence-electron chi connectivity index (χ1n) is 4.93. The smallest absolute Gasteiger partial charge is 0.237 e. The molecule has 0 bridgehead atoms. The summed E-state index contributed by atoms with van der Waals surface area (Å²) in [6.07, 6.45) is 0. The van der Waals surface area contributed by atoms with Crippen LogP contribution in [0.15, 0.2) is 38.4 Å². The molecule has 0 radical (unpaired) electrons. The van der Waals surface area contributed by atoms with Crippen molar-refractivity contribution in [3.63, 3.8) is 0 Å². The van der Waals surface area contributed by atoms with E-state index in [2.05, 4.69) is 31.2 Å². The van der Waals surface area contributed by atoms with Gasteiger partial charge in [-0.2, -0.15) is 10.1 Å². The number of rotatable bonds is 3. The topological polar surface area (TPSA) is 103 Å². The summed E-state index contributed by atoms with van der Waals surface area (Å²) in [7, 11) is 0. The maximum Gasteiger partial charge on any atom is 0.237 e. The van der Waals surface area contributed by atoms with Gasteiger partial charge in [-0.15, -0.1) is 0 Å². The Kier molecular flexibility index (Phi) is 4.21. The first-order chi connectivity index (χ1) is 8.69. The standard InChI is InChI=1S/C10H10BrN5OS/c11-7-3-1-2-6(4-7)9-14-8(17-16-9)5-18-10(12)15-13/h1-4H,5,13H2,(H2,12,15). The number of amidine groups is 1. The highest BCUT2D eigenvalue weighted by molar-refractivity contribution is 9.10. The van der Waals surface area contributed by atoms with Crippen molar-refractivity contribution in [3.05, 3.63) is 34.6 Å². The van der Waals surface area contributed by atoms with Gasteiger partial charge in [0.25, 0.3) is 0 Å². The minimum atomic E-state index is 0.275. The Morgan fingerprint density at radius 1 is 1.50 bits per heavy atom. The fraction of sp³-hybridized carbons (Fsp3) is 0.100. The van der Waals surface area contributed by atoms with Crippen molar-refractivity contribution in [2.45, 2.75) is 5.75 Å². The Morgan fingerprint density at radius 3 is 3.06 bits per heavy atom. The van der Waals surface area contributed by atoms with Gasteiger partial charge in [0, 0.05) is 10.0 Å². The fourth-order valence-electron chi connectivity index (χ4n) is 1.23. The molecule has 1 heterocycles. The van der Waals surface area contributed by atoms with Crippen LogP contribution in [0.3, 0.4) is 0 Å². The number of benzene rings is 1. The van der Waals surface area contributed by atoms with E-state index in [9.17, 15) is 0 Å². The van der Waals surface area contributed by atoms with Gasteiger partial charge >= 0.3 is 0 Å². The molecular formula is C10H10BrN5OS.